The fourth-order valence-electron chi connectivity index (χ4n) is 4.66. The number of hydrogen-bond acceptors (Lipinski definition) is 5. The smallest absolute Gasteiger partial charge is 0.318 e. The van der Waals surface area contributed by atoms with Crippen LogP contribution in [0.15, 0.2) is 66.7 Å². The normalized spacial score (nSPS) is 26.5. The second-order valence-corrected chi connectivity index (χ2v) is 7.97. The summed E-state index contributed by atoms with van der Waals surface area (Å²) in [6, 6.07) is 17.7. The first-order valence-corrected chi connectivity index (χ1v) is 9.58. The van der Waals surface area contributed by atoms with Crippen LogP contribution in [-0.4, -0.2) is 21.3 Å². The van der Waals surface area contributed by atoms with Gasteiger partial charge >= 0.3 is 5.97 Å². The number of carbonyl (C=O) groups excluding carboxylic acids is 1. The van der Waals surface area contributed by atoms with Gasteiger partial charge in [0.1, 0.15) is 22.7 Å². The molecule has 0 saturated heterocycles. The second kappa shape index (κ2) is 6.07. The third kappa shape index (κ3) is 2.45. The first-order valence-electron chi connectivity index (χ1n) is 9.20. The standard InChI is InChI=1S/C23H17ClO5/c24-13-5-8-15(9-6-13)29-21(26)20-12-22(27)16-3-1-2-4-17(16)23(20,28)18-10-7-14(25)11-19(18)22/h1-11,20,25,27-28H,12H2. The zero-order valence-corrected chi connectivity index (χ0v) is 15.9. The van der Waals surface area contributed by atoms with Crippen LogP contribution in [0.3, 0.4) is 0 Å². The number of benzene rings is 3. The maximum absolute atomic E-state index is 13.1. The molecule has 146 valence electrons. The van der Waals surface area contributed by atoms with Crippen LogP contribution >= 0.6 is 11.6 Å². The van der Waals surface area contributed by atoms with Crippen molar-refractivity contribution in [3.63, 3.8) is 0 Å². The van der Waals surface area contributed by atoms with Gasteiger partial charge in [0.15, 0.2) is 0 Å². The number of rotatable bonds is 2. The third-order valence-corrected chi connectivity index (χ3v) is 6.22. The molecule has 2 bridgehead atoms. The molecule has 3 aliphatic rings. The Labute approximate surface area is 171 Å². The van der Waals surface area contributed by atoms with Crippen molar-refractivity contribution >= 4 is 17.6 Å². The zero-order chi connectivity index (χ0) is 20.4. The van der Waals surface area contributed by atoms with E-state index in [0.717, 1.165) is 0 Å². The summed E-state index contributed by atoms with van der Waals surface area (Å²) in [5.74, 6) is -1.40. The van der Waals surface area contributed by atoms with Crippen LogP contribution in [0.1, 0.15) is 28.7 Å². The van der Waals surface area contributed by atoms with Gasteiger partial charge in [-0.2, -0.15) is 0 Å². The monoisotopic (exact) mass is 408 g/mol. The highest BCUT2D eigenvalue weighted by Crippen LogP contribution is 2.60. The largest absolute Gasteiger partial charge is 0.508 e. The molecule has 3 aliphatic carbocycles. The van der Waals surface area contributed by atoms with E-state index in [2.05, 4.69) is 0 Å². The Balaban J connectivity index is 1.65. The Morgan fingerprint density at radius 2 is 1.59 bits per heavy atom. The molecule has 0 amide bonds. The van der Waals surface area contributed by atoms with Crippen molar-refractivity contribution in [2.75, 3.05) is 0 Å². The van der Waals surface area contributed by atoms with Crippen molar-refractivity contribution < 1.29 is 24.9 Å². The Morgan fingerprint density at radius 3 is 2.31 bits per heavy atom. The minimum absolute atomic E-state index is 0.0221. The highest BCUT2D eigenvalue weighted by Gasteiger charge is 2.62. The maximum atomic E-state index is 13.1. The maximum Gasteiger partial charge on any atom is 0.318 e. The molecule has 29 heavy (non-hydrogen) atoms. The van der Waals surface area contributed by atoms with Gasteiger partial charge in [-0.1, -0.05) is 41.9 Å². The Morgan fingerprint density at radius 1 is 0.931 bits per heavy atom. The number of ether oxygens (including phenoxy) is 1. The van der Waals surface area contributed by atoms with E-state index in [-0.39, 0.29) is 12.2 Å². The molecule has 3 aromatic carbocycles. The fraction of sp³-hybridized carbons (Fsp3) is 0.174. The van der Waals surface area contributed by atoms with E-state index in [1.165, 1.54) is 12.1 Å². The van der Waals surface area contributed by atoms with E-state index in [1.807, 2.05) is 0 Å². The van der Waals surface area contributed by atoms with Gasteiger partial charge in [0.05, 0.1) is 5.92 Å². The molecule has 6 heteroatoms. The first kappa shape index (κ1) is 18.2. The van der Waals surface area contributed by atoms with Gasteiger partial charge in [0.2, 0.25) is 0 Å². The lowest BCUT2D eigenvalue weighted by atomic mass is 9.54. The summed E-state index contributed by atoms with van der Waals surface area (Å²) >= 11 is 5.88. The van der Waals surface area contributed by atoms with Crippen LogP contribution < -0.4 is 4.74 Å². The predicted molar refractivity (Wildman–Crippen MR) is 106 cm³/mol. The molecule has 3 N–H and O–H groups in total. The molecule has 3 atom stereocenters. The minimum atomic E-state index is -1.69. The third-order valence-electron chi connectivity index (χ3n) is 5.96. The lowest BCUT2D eigenvalue weighted by Gasteiger charge is -2.53. The van der Waals surface area contributed by atoms with E-state index >= 15 is 0 Å². The van der Waals surface area contributed by atoms with E-state index in [4.69, 9.17) is 16.3 Å². The van der Waals surface area contributed by atoms with Crippen molar-refractivity contribution in [2.45, 2.75) is 17.6 Å². The number of aliphatic hydroxyl groups is 2. The fourth-order valence-corrected chi connectivity index (χ4v) is 4.78. The summed E-state index contributed by atoms with van der Waals surface area (Å²) in [6.07, 6.45) is -0.0661. The van der Waals surface area contributed by atoms with Crippen LogP contribution in [-0.2, 0) is 16.0 Å². The molecule has 0 aliphatic heterocycles. The lowest BCUT2D eigenvalue weighted by Crippen LogP contribution is -2.57. The summed E-state index contributed by atoms with van der Waals surface area (Å²) in [4.78, 5) is 13.1. The number of phenols is 1. The molecule has 6 rings (SSSR count). The summed E-state index contributed by atoms with van der Waals surface area (Å²) in [5, 5.41) is 34.0. The van der Waals surface area contributed by atoms with E-state index in [0.29, 0.717) is 33.0 Å². The second-order valence-electron chi connectivity index (χ2n) is 7.53. The Hall–Kier alpha value is -2.86. The van der Waals surface area contributed by atoms with Crippen LogP contribution in [0.4, 0.5) is 0 Å². The molecule has 0 spiro atoms. The van der Waals surface area contributed by atoms with E-state index < -0.39 is 23.1 Å². The molecule has 0 aromatic heterocycles. The summed E-state index contributed by atoms with van der Waals surface area (Å²) in [5.41, 5.74) is -1.44. The number of aromatic hydroxyl groups is 1. The molecule has 3 aromatic rings. The van der Waals surface area contributed by atoms with Crippen molar-refractivity contribution in [3.8, 4) is 11.5 Å². The molecule has 0 saturated carbocycles. The average molecular weight is 409 g/mol. The Kier molecular flexibility index (Phi) is 3.80. The number of carbonyl (C=O) groups is 1. The Bertz CT molecular complexity index is 1140. The van der Waals surface area contributed by atoms with Gasteiger partial charge < -0.3 is 20.1 Å². The number of esters is 1. The van der Waals surface area contributed by atoms with Crippen molar-refractivity contribution in [2.24, 2.45) is 5.92 Å². The molecule has 5 nitrogen and oxygen atoms in total. The van der Waals surface area contributed by atoms with Crippen LogP contribution in [0, 0.1) is 5.92 Å². The first-order chi connectivity index (χ1) is 13.8. The predicted octanol–water partition coefficient (Wildman–Crippen LogP) is 3.46. The van der Waals surface area contributed by atoms with Gasteiger partial charge in [-0.05, 0) is 58.7 Å². The number of halogens is 1. The highest BCUT2D eigenvalue weighted by atomic mass is 35.5. The number of fused-ring (bicyclic) bond motifs is 1. The van der Waals surface area contributed by atoms with Crippen molar-refractivity contribution in [3.05, 3.63) is 94.0 Å². The molecule has 3 unspecified atom stereocenters. The quantitative estimate of drug-likeness (QED) is 0.446. The summed E-state index contributed by atoms with van der Waals surface area (Å²) in [6.45, 7) is 0. The highest BCUT2D eigenvalue weighted by molar-refractivity contribution is 6.30. The average Bonchev–Trinajstić information content (AvgIpc) is 2.71. The van der Waals surface area contributed by atoms with Gasteiger partial charge in [0, 0.05) is 11.4 Å². The van der Waals surface area contributed by atoms with Crippen molar-refractivity contribution in [1.29, 1.82) is 0 Å². The summed E-state index contributed by atoms with van der Waals surface area (Å²) < 4.78 is 5.51. The number of hydrogen-bond donors (Lipinski definition) is 3. The molecule has 0 fully saturated rings. The van der Waals surface area contributed by atoms with Crippen LogP contribution in [0.5, 0.6) is 11.5 Å². The van der Waals surface area contributed by atoms with Crippen LogP contribution in [0.2, 0.25) is 5.02 Å². The molecule has 0 radical (unpaired) electrons. The molecular weight excluding hydrogens is 392 g/mol. The minimum Gasteiger partial charge on any atom is -0.508 e. The summed E-state index contributed by atoms with van der Waals surface area (Å²) in [7, 11) is 0. The van der Waals surface area contributed by atoms with Gasteiger partial charge in [0.25, 0.3) is 0 Å². The van der Waals surface area contributed by atoms with Crippen molar-refractivity contribution in [1.82, 2.24) is 0 Å². The SMILES string of the molecule is O=C(Oc1ccc(Cl)cc1)C1CC2(O)c3ccccc3C1(O)c1ccc(O)cc12. The topological polar surface area (TPSA) is 87.0 Å². The van der Waals surface area contributed by atoms with Gasteiger partial charge in [-0.25, -0.2) is 0 Å². The van der Waals surface area contributed by atoms with E-state index in [9.17, 15) is 20.1 Å². The number of phenolic OH excluding ortho intramolecular Hbond substituents is 1. The zero-order valence-electron chi connectivity index (χ0n) is 15.2. The molecule has 0 heterocycles. The van der Waals surface area contributed by atoms with Crippen LogP contribution in [0.25, 0.3) is 0 Å². The van der Waals surface area contributed by atoms with Gasteiger partial charge in [-0.3, -0.25) is 4.79 Å². The lowest BCUT2D eigenvalue weighted by molar-refractivity contribution is -0.157. The molecular formula is C23H17ClO5. The van der Waals surface area contributed by atoms with E-state index in [1.54, 1.807) is 54.6 Å². The van der Waals surface area contributed by atoms with Gasteiger partial charge in [-0.15, -0.1) is 0 Å².